The van der Waals surface area contributed by atoms with E-state index in [-0.39, 0.29) is 25.2 Å². The Hall–Kier alpha value is -4.19. The molecule has 2 amide bonds. The third-order valence-electron chi connectivity index (χ3n) is 5.70. The molecule has 0 saturated heterocycles. The number of hydrogen-bond acceptors (Lipinski definition) is 7. The van der Waals surface area contributed by atoms with Crippen LogP contribution < -0.4 is 0 Å². The molecule has 0 unspecified atom stereocenters. The Kier molecular flexibility index (Phi) is 8.66. The summed E-state index contributed by atoms with van der Waals surface area (Å²) in [6, 6.07) is 9.87. The van der Waals surface area contributed by atoms with E-state index in [1.54, 1.807) is 30.9 Å². The van der Waals surface area contributed by atoms with Crippen molar-refractivity contribution in [3.63, 3.8) is 0 Å². The van der Waals surface area contributed by atoms with Gasteiger partial charge in [0.1, 0.15) is 12.4 Å². The summed E-state index contributed by atoms with van der Waals surface area (Å²) in [5.41, 5.74) is 0.238. The molecule has 3 rings (SSSR count). The van der Waals surface area contributed by atoms with Gasteiger partial charge in [-0.05, 0) is 55.5 Å². The molecule has 12 heteroatoms. The zero-order valence-corrected chi connectivity index (χ0v) is 21.2. The minimum atomic E-state index is -0.817. The van der Waals surface area contributed by atoms with Crippen LogP contribution in [0.15, 0.2) is 53.9 Å². The van der Waals surface area contributed by atoms with E-state index in [0.29, 0.717) is 5.56 Å². The molecular formula is C25H25FN4O6S. The average Bonchev–Trinajstić information content (AvgIpc) is 3.26. The Morgan fingerprint density at radius 1 is 0.973 bits per heavy atom. The first-order valence-electron chi connectivity index (χ1n) is 11.3. The second kappa shape index (κ2) is 11.7. The van der Waals surface area contributed by atoms with E-state index < -0.39 is 44.9 Å². The van der Waals surface area contributed by atoms with Crippen molar-refractivity contribution in [2.45, 2.75) is 39.9 Å². The molecule has 2 aromatic carbocycles. The molecule has 0 aliphatic carbocycles. The Bertz CT molecular complexity index is 1290. The lowest BCUT2D eigenvalue weighted by Gasteiger charge is -2.30. The molecule has 0 aliphatic heterocycles. The Morgan fingerprint density at radius 2 is 1.57 bits per heavy atom. The van der Waals surface area contributed by atoms with E-state index in [1.807, 2.05) is 18.4 Å². The van der Waals surface area contributed by atoms with E-state index in [4.69, 9.17) is 0 Å². The smallest absolute Gasteiger partial charge is 0.277 e. The van der Waals surface area contributed by atoms with Gasteiger partial charge < -0.3 is 9.80 Å². The van der Waals surface area contributed by atoms with Gasteiger partial charge in [-0.2, -0.15) is 0 Å². The number of nitro benzene ring substituents is 2. The molecule has 3 aromatic rings. The summed E-state index contributed by atoms with van der Waals surface area (Å²) in [5, 5.41) is 24.4. The van der Waals surface area contributed by atoms with Crippen LogP contribution in [-0.2, 0) is 17.9 Å². The van der Waals surface area contributed by atoms with Crippen molar-refractivity contribution in [1.29, 1.82) is 0 Å². The van der Waals surface area contributed by atoms with Crippen LogP contribution in [0.1, 0.15) is 40.2 Å². The number of nitrogens with zero attached hydrogens (tertiary/aromatic N) is 4. The highest BCUT2D eigenvalue weighted by atomic mass is 32.1. The maximum Gasteiger partial charge on any atom is 0.277 e. The van der Waals surface area contributed by atoms with E-state index in [1.165, 1.54) is 28.4 Å². The summed E-state index contributed by atoms with van der Waals surface area (Å²) in [7, 11) is 0. The van der Waals surface area contributed by atoms with Crippen molar-refractivity contribution in [3.8, 4) is 0 Å². The van der Waals surface area contributed by atoms with Crippen molar-refractivity contribution in [1.82, 2.24) is 9.80 Å². The van der Waals surface area contributed by atoms with Gasteiger partial charge in [0, 0.05) is 29.6 Å². The lowest BCUT2D eigenvalue weighted by atomic mass is 10.1. The number of hydrogen-bond donors (Lipinski definition) is 0. The number of non-ortho nitro benzene ring substituents is 2. The normalized spacial score (nSPS) is 10.8. The van der Waals surface area contributed by atoms with Crippen molar-refractivity contribution < 1.29 is 23.8 Å². The maximum atomic E-state index is 13.5. The molecule has 0 N–H and O–H groups in total. The Labute approximate surface area is 216 Å². The highest BCUT2D eigenvalue weighted by Crippen LogP contribution is 2.25. The molecule has 0 radical (unpaired) electrons. The van der Waals surface area contributed by atoms with Gasteiger partial charge >= 0.3 is 0 Å². The van der Waals surface area contributed by atoms with E-state index in [9.17, 15) is 34.2 Å². The Balaban J connectivity index is 1.91. The lowest BCUT2D eigenvalue weighted by molar-refractivity contribution is -0.394. The van der Waals surface area contributed by atoms with Gasteiger partial charge in [0.15, 0.2) is 0 Å². The number of aryl methyl sites for hydroxylation is 1. The molecule has 0 spiro atoms. The van der Waals surface area contributed by atoms with Crippen LogP contribution in [0.2, 0.25) is 0 Å². The molecular weight excluding hydrogens is 503 g/mol. The molecule has 37 heavy (non-hydrogen) atoms. The minimum Gasteiger partial charge on any atom is -0.332 e. The SMILES string of the molecule is Cc1ccsc1CN(Cc1ccc(F)cc1)C(=O)CN(C(=O)c1cc([N+](=O)[O-])cc([N+](=O)[O-])c1)C(C)C. The van der Waals surface area contributed by atoms with Crippen LogP contribution in [0, 0.1) is 33.0 Å². The Morgan fingerprint density at radius 3 is 2.05 bits per heavy atom. The van der Waals surface area contributed by atoms with Crippen molar-refractivity contribution in [2.75, 3.05) is 6.54 Å². The number of nitro groups is 2. The number of carbonyl (C=O) groups excluding carboxylic acids is 2. The van der Waals surface area contributed by atoms with E-state index in [0.717, 1.165) is 28.6 Å². The molecule has 0 saturated carbocycles. The molecule has 0 bridgehead atoms. The van der Waals surface area contributed by atoms with Gasteiger partial charge in [-0.15, -0.1) is 11.3 Å². The number of rotatable bonds is 10. The summed E-state index contributed by atoms with van der Waals surface area (Å²) in [6.45, 7) is 5.33. The quantitative estimate of drug-likeness (QED) is 0.266. The van der Waals surface area contributed by atoms with Crippen LogP contribution in [-0.4, -0.2) is 44.0 Å². The highest BCUT2D eigenvalue weighted by molar-refractivity contribution is 7.10. The second-order valence-corrected chi connectivity index (χ2v) is 9.68. The van der Waals surface area contributed by atoms with Crippen LogP contribution >= 0.6 is 11.3 Å². The zero-order chi connectivity index (χ0) is 27.3. The van der Waals surface area contributed by atoms with Crippen molar-refractivity contribution in [2.24, 2.45) is 0 Å². The van der Waals surface area contributed by atoms with Gasteiger partial charge in [-0.3, -0.25) is 29.8 Å². The van der Waals surface area contributed by atoms with Gasteiger partial charge in [-0.1, -0.05) is 12.1 Å². The molecule has 1 aromatic heterocycles. The first-order chi connectivity index (χ1) is 17.5. The van der Waals surface area contributed by atoms with Crippen LogP contribution in [0.25, 0.3) is 0 Å². The lowest BCUT2D eigenvalue weighted by Crippen LogP contribution is -2.45. The predicted octanol–water partition coefficient (Wildman–Crippen LogP) is 5.09. The first kappa shape index (κ1) is 27.4. The molecule has 10 nitrogen and oxygen atoms in total. The van der Waals surface area contributed by atoms with Crippen LogP contribution in [0.4, 0.5) is 15.8 Å². The van der Waals surface area contributed by atoms with Gasteiger partial charge in [0.25, 0.3) is 17.3 Å². The topological polar surface area (TPSA) is 127 Å². The number of carbonyl (C=O) groups is 2. The summed E-state index contributed by atoms with van der Waals surface area (Å²) < 4.78 is 13.4. The van der Waals surface area contributed by atoms with Gasteiger partial charge in [0.2, 0.25) is 5.91 Å². The van der Waals surface area contributed by atoms with Crippen LogP contribution in [0.3, 0.4) is 0 Å². The fraction of sp³-hybridized carbons (Fsp3) is 0.280. The summed E-state index contributed by atoms with van der Waals surface area (Å²) >= 11 is 1.48. The number of thiophene rings is 1. The number of halogens is 1. The molecule has 0 aliphatic rings. The summed E-state index contributed by atoms with van der Waals surface area (Å²) in [5.74, 6) is -1.55. The predicted molar refractivity (Wildman–Crippen MR) is 136 cm³/mol. The fourth-order valence-electron chi connectivity index (χ4n) is 3.61. The number of benzene rings is 2. The zero-order valence-electron chi connectivity index (χ0n) is 20.4. The molecule has 1 heterocycles. The third kappa shape index (κ3) is 6.94. The maximum absolute atomic E-state index is 13.5. The molecule has 0 fully saturated rings. The van der Waals surface area contributed by atoms with Gasteiger partial charge in [-0.25, -0.2) is 4.39 Å². The second-order valence-electron chi connectivity index (χ2n) is 8.68. The first-order valence-corrected chi connectivity index (χ1v) is 12.1. The van der Waals surface area contributed by atoms with Crippen LogP contribution in [0.5, 0.6) is 0 Å². The standard InChI is InChI=1S/C25H25FN4O6S/c1-16(2)28(25(32)19-10-21(29(33)34)12-22(11-19)30(35)36)15-24(31)27(14-23-17(3)8-9-37-23)13-18-4-6-20(26)7-5-18/h4-12,16H,13-15H2,1-3H3. The minimum absolute atomic E-state index is 0.166. The van der Waals surface area contributed by atoms with Crippen molar-refractivity contribution in [3.05, 3.63) is 102 Å². The molecule has 0 atom stereocenters. The third-order valence-corrected chi connectivity index (χ3v) is 6.71. The average molecular weight is 529 g/mol. The van der Waals surface area contributed by atoms with Crippen molar-refractivity contribution >= 4 is 34.5 Å². The van der Waals surface area contributed by atoms with E-state index >= 15 is 0 Å². The number of amides is 2. The summed E-state index contributed by atoms with van der Waals surface area (Å²) in [6.07, 6.45) is 0. The summed E-state index contributed by atoms with van der Waals surface area (Å²) in [4.78, 5) is 51.4. The monoisotopic (exact) mass is 528 g/mol. The van der Waals surface area contributed by atoms with Gasteiger partial charge in [0.05, 0.1) is 28.0 Å². The van der Waals surface area contributed by atoms with E-state index in [2.05, 4.69) is 0 Å². The molecule has 194 valence electrons. The highest BCUT2D eigenvalue weighted by Gasteiger charge is 2.28. The fourth-order valence-corrected chi connectivity index (χ4v) is 4.53. The largest absolute Gasteiger partial charge is 0.332 e.